The zero-order valence-electron chi connectivity index (χ0n) is 18.2. The van der Waals surface area contributed by atoms with Gasteiger partial charge in [0.05, 0.1) is 17.4 Å². The molecule has 9 nitrogen and oxygen atoms in total. The molecule has 0 spiro atoms. The number of aromatic nitrogens is 3. The van der Waals surface area contributed by atoms with E-state index in [0.29, 0.717) is 56.3 Å². The molecule has 2 saturated heterocycles. The molecule has 2 aliphatic heterocycles. The highest BCUT2D eigenvalue weighted by Gasteiger charge is 2.27. The highest BCUT2D eigenvalue weighted by atomic mass is 16.5. The van der Waals surface area contributed by atoms with Gasteiger partial charge in [-0.25, -0.2) is 4.98 Å². The first-order valence-electron chi connectivity index (χ1n) is 11.0. The van der Waals surface area contributed by atoms with E-state index >= 15 is 0 Å². The van der Waals surface area contributed by atoms with Crippen molar-refractivity contribution < 1.29 is 14.3 Å². The summed E-state index contributed by atoms with van der Waals surface area (Å²) in [7, 11) is 0. The maximum absolute atomic E-state index is 13.0. The third-order valence-electron chi connectivity index (χ3n) is 5.83. The van der Waals surface area contributed by atoms with Gasteiger partial charge in [0.1, 0.15) is 11.5 Å². The molecule has 9 heteroatoms. The molecule has 31 heavy (non-hydrogen) atoms. The minimum absolute atomic E-state index is 0.00218. The number of carbonyl (C=O) groups is 2. The van der Waals surface area contributed by atoms with E-state index in [4.69, 9.17) is 4.74 Å². The Kier molecular flexibility index (Phi) is 6.50. The fourth-order valence-electron chi connectivity index (χ4n) is 4.18. The quantitative estimate of drug-likeness (QED) is 0.752. The van der Waals surface area contributed by atoms with Gasteiger partial charge in [0, 0.05) is 52.1 Å². The molecule has 1 atom stereocenters. The lowest BCUT2D eigenvalue weighted by molar-refractivity contribution is 0.0733. The van der Waals surface area contributed by atoms with Crippen molar-refractivity contribution in [3.05, 3.63) is 41.3 Å². The average Bonchev–Trinajstić information content (AvgIpc) is 3.46. The monoisotopic (exact) mass is 426 g/mol. The maximum Gasteiger partial charge on any atom is 0.272 e. The number of rotatable bonds is 6. The Hall–Kier alpha value is -2.94. The van der Waals surface area contributed by atoms with Gasteiger partial charge >= 0.3 is 0 Å². The largest absolute Gasteiger partial charge is 0.376 e. The first kappa shape index (κ1) is 21.3. The Bertz CT molecular complexity index is 929. The first-order valence-corrected chi connectivity index (χ1v) is 11.0. The van der Waals surface area contributed by atoms with Crippen LogP contribution in [-0.4, -0.2) is 76.9 Å². The molecule has 2 fully saturated rings. The van der Waals surface area contributed by atoms with E-state index in [2.05, 4.69) is 20.3 Å². The summed E-state index contributed by atoms with van der Waals surface area (Å²) in [6.07, 6.45) is 3.82. The second kappa shape index (κ2) is 9.47. The van der Waals surface area contributed by atoms with E-state index in [1.165, 1.54) is 0 Å². The molecule has 2 aromatic heterocycles. The van der Waals surface area contributed by atoms with E-state index in [-0.39, 0.29) is 17.9 Å². The van der Waals surface area contributed by atoms with Crippen molar-refractivity contribution in [1.29, 1.82) is 0 Å². The summed E-state index contributed by atoms with van der Waals surface area (Å²) >= 11 is 0. The third kappa shape index (κ3) is 4.71. The van der Waals surface area contributed by atoms with Gasteiger partial charge in [-0.2, -0.15) is 5.10 Å². The van der Waals surface area contributed by atoms with Crippen molar-refractivity contribution in [3.8, 4) is 0 Å². The number of hydrogen-bond donors (Lipinski definition) is 1. The summed E-state index contributed by atoms with van der Waals surface area (Å²) in [5, 5.41) is 7.36. The summed E-state index contributed by atoms with van der Waals surface area (Å²) in [4.78, 5) is 34.2. The predicted molar refractivity (Wildman–Crippen MR) is 116 cm³/mol. The summed E-state index contributed by atoms with van der Waals surface area (Å²) < 4.78 is 7.34. The van der Waals surface area contributed by atoms with Gasteiger partial charge in [-0.15, -0.1) is 0 Å². The lowest BCUT2D eigenvalue weighted by Crippen LogP contribution is -2.50. The van der Waals surface area contributed by atoms with E-state index in [1.54, 1.807) is 23.0 Å². The van der Waals surface area contributed by atoms with Crippen LogP contribution in [0.2, 0.25) is 0 Å². The van der Waals surface area contributed by atoms with Crippen LogP contribution in [-0.2, 0) is 11.3 Å². The summed E-state index contributed by atoms with van der Waals surface area (Å²) in [6.45, 7) is 8.19. The van der Waals surface area contributed by atoms with Gasteiger partial charge in [0.15, 0.2) is 0 Å². The normalized spacial score (nSPS) is 19.0. The molecular weight excluding hydrogens is 396 g/mol. The zero-order valence-corrected chi connectivity index (χ0v) is 18.2. The number of piperazine rings is 1. The Labute approximate surface area is 182 Å². The van der Waals surface area contributed by atoms with Gasteiger partial charge in [-0.05, 0) is 44.9 Å². The first-order chi connectivity index (χ1) is 15.1. The number of nitrogens with one attached hydrogen (secondary N) is 1. The molecule has 0 aliphatic carbocycles. The zero-order chi connectivity index (χ0) is 21.8. The Morgan fingerprint density at radius 3 is 2.77 bits per heavy atom. The fraction of sp³-hybridized carbons (Fsp3) is 0.545. The van der Waals surface area contributed by atoms with Crippen molar-refractivity contribution in [2.45, 2.75) is 39.3 Å². The van der Waals surface area contributed by atoms with Crippen LogP contribution in [0.4, 0.5) is 5.82 Å². The van der Waals surface area contributed by atoms with Gasteiger partial charge in [-0.1, -0.05) is 0 Å². The van der Waals surface area contributed by atoms with Gasteiger partial charge in [-0.3, -0.25) is 14.3 Å². The molecular formula is C22H30N6O3. The second-order valence-electron chi connectivity index (χ2n) is 7.99. The molecule has 1 N–H and O–H groups in total. The van der Waals surface area contributed by atoms with Crippen LogP contribution >= 0.6 is 0 Å². The van der Waals surface area contributed by atoms with Crippen molar-refractivity contribution in [2.24, 2.45) is 0 Å². The van der Waals surface area contributed by atoms with E-state index in [9.17, 15) is 9.59 Å². The van der Waals surface area contributed by atoms with Crippen LogP contribution in [0.3, 0.4) is 0 Å². The molecule has 0 saturated carbocycles. The third-order valence-corrected chi connectivity index (χ3v) is 5.83. The van der Waals surface area contributed by atoms with Crippen molar-refractivity contribution in [3.63, 3.8) is 0 Å². The number of pyridine rings is 1. The van der Waals surface area contributed by atoms with Crippen molar-refractivity contribution >= 4 is 17.6 Å². The lowest BCUT2D eigenvalue weighted by Gasteiger charge is -2.36. The predicted octanol–water partition coefficient (Wildman–Crippen LogP) is 1.48. The number of ether oxygens (including phenoxy) is 1. The molecule has 2 amide bonds. The molecule has 0 unspecified atom stereocenters. The Balaban J connectivity index is 1.39. The topological polar surface area (TPSA) is 92.6 Å². The second-order valence-corrected chi connectivity index (χ2v) is 7.99. The summed E-state index contributed by atoms with van der Waals surface area (Å²) in [6, 6.07) is 5.42. The van der Waals surface area contributed by atoms with Crippen LogP contribution in [0.25, 0.3) is 0 Å². The van der Waals surface area contributed by atoms with Crippen molar-refractivity contribution in [1.82, 2.24) is 25.0 Å². The minimum Gasteiger partial charge on any atom is -0.376 e. The molecule has 2 aromatic rings. The average molecular weight is 427 g/mol. The van der Waals surface area contributed by atoms with Gasteiger partial charge < -0.3 is 19.9 Å². The molecule has 0 bridgehead atoms. The smallest absolute Gasteiger partial charge is 0.272 e. The highest BCUT2D eigenvalue weighted by molar-refractivity contribution is 5.99. The van der Waals surface area contributed by atoms with E-state index in [1.807, 2.05) is 24.8 Å². The summed E-state index contributed by atoms with van der Waals surface area (Å²) in [5.41, 5.74) is 2.02. The number of anilines is 1. The standard InChI is InChI=1S/C22H30N6O3/c1-3-28-19(14-16(2)25-28)22(30)27-11-9-26(10-12-27)20-18(7-4-8-23-20)21(29)24-15-17-6-5-13-31-17/h4,7-8,14,17H,3,5-6,9-13,15H2,1-2H3,(H,24,29)/t17-/m0/s1. The Morgan fingerprint density at radius 1 is 1.26 bits per heavy atom. The van der Waals surface area contributed by atoms with Crippen LogP contribution in [0, 0.1) is 6.92 Å². The van der Waals surface area contributed by atoms with Gasteiger partial charge in [0.25, 0.3) is 11.8 Å². The maximum atomic E-state index is 13.0. The van der Waals surface area contributed by atoms with Crippen LogP contribution < -0.4 is 10.2 Å². The van der Waals surface area contributed by atoms with E-state index in [0.717, 1.165) is 25.1 Å². The molecule has 0 radical (unpaired) electrons. The van der Waals surface area contributed by atoms with Crippen molar-refractivity contribution in [2.75, 3.05) is 44.2 Å². The number of hydrogen-bond acceptors (Lipinski definition) is 6. The van der Waals surface area contributed by atoms with Gasteiger partial charge in [0.2, 0.25) is 0 Å². The molecule has 4 heterocycles. The van der Waals surface area contributed by atoms with Crippen LogP contribution in [0.15, 0.2) is 24.4 Å². The molecule has 0 aromatic carbocycles. The fourth-order valence-corrected chi connectivity index (χ4v) is 4.18. The number of carbonyl (C=O) groups excluding carboxylic acids is 2. The molecule has 166 valence electrons. The number of aryl methyl sites for hydroxylation is 2. The van der Waals surface area contributed by atoms with Crippen LogP contribution in [0.5, 0.6) is 0 Å². The highest BCUT2D eigenvalue weighted by Crippen LogP contribution is 2.20. The number of amides is 2. The molecule has 4 rings (SSSR count). The Morgan fingerprint density at radius 2 is 2.06 bits per heavy atom. The molecule has 2 aliphatic rings. The van der Waals surface area contributed by atoms with Crippen LogP contribution in [0.1, 0.15) is 46.3 Å². The lowest BCUT2D eigenvalue weighted by atomic mass is 10.2. The van der Waals surface area contributed by atoms with E-state index < -0.39 is 0 Å². The summed E-state index contributed by atoms with van der Waals surface area (Å²) in [5.74, 6) is 0.519. The SMILES string of the molecule is CCn1nc(C)cc1C(=O)N1CCN(c2ncccc2C(=O)NC[C@@H]2CCCO2)CC1. The minimum atomic E-state index is -0.139. The number of nitrogens with zero attached hydrogens (tertiary/aromatic N) is 5.